The van der Waals surface area contributed by atoms with E-state index in [2.05, 4.69) is 5.10 Å². The Morgan fingerprint density at radius 1 is 1.00 bits per heavy atom. The minimum absolute atomic E-state index is 0.189. The Morgan fingerprint density at radius 2 is 1.70 bits per heavy atom. The van der Waals surface area contributed by atoms with Gasteiger partial charge in [0.15, 0.2) is 11.5 Å². The van der Waals surface area contributed by atoms with Gasteiger partial charge in [0.2, 0.25) is 5.91 Å². The first-order chi connectivity index (χ1) is 14.5. The van der Waals surface area contributed by atoms with Crippen molar-refractivity contribution in [2.45, 2.75) is 25.3 Å². The molecule has 0 N–H and O–H groups in total. The number of aliphatic carboxylic acids is 1. The highest BCUT2D eigenvalue weighted by Crippen LogP contribution is 2.37. The van der Waals surface area contributed by atoms with Gasteiger partial charge in [0.05, 0.1) is 33.1 Å². The van der Waals surface area contributed by atoms with Gasteiger partial charge in [-0.25, -0.2) is 5.01 Å². The smallest absolute Gasteiger partial charge is 0.243 e. The summed E-state index contributed by atoms with van der Waals surface area (Å²) in [4.78, 5) is 23.6. The van der Waals surface area contributed by atoms with Crippen LogP contribution < -0.4 is 19.3 Å². The van der Waals surface area contributed by atoms with Crippen molar-refractivity contribution < 1.29 is 28.9 Å². The van der Waals surface area contributed by atoms with E-state index in [1.54, 1.807) is 33.5 Å². The topological polar surface area (TPSA) is 100 Å². The van der Waals surface area contributed by atoms with Crippen LogP contribution in [0, 0.1) is 0 Å². The maximum atomic E-state index is 12.7. The molecule has 0 saturated heterocycles. The first-order valence-electron chi connectivity index (χ1n) is 9.42. The van der Waals surface area contributed by atoms with Crippen molar-refractivity contribution in [3.05, 3.63) is 53.6 Å². The zero-order valence-electron chi connectivity index (χ0n) is 17.1. The molecule has 1 amide bonds. The van der Waals surface area contributed by atoms with Gasteiger partial charge in [0, 0.05) is 18.8 Å². The van der Waals surface area contributed by atoms with E-state index in [1.807, 2.05) is 30.3 Å². The van der Waals surface area contributed by atoms with Crippen molar-refractivity contribution in [3.63, 3.8) is 0 Å². The molecule has 8 nitrogen and oxygen atoms in total. The molecule has 1 atom stereocenters. The zero-order chi connectivity index (χ0) is 21.7. The number of rotatable bonds is 8. The molecule has 3 rings (SSSR count). The number of carboxylic acids is 1. The van der Waals surface area contributed by atoms with E-state index in [4.69, 9.17) is 14.2 Å². The predicted molar refractivity (Wildman–Crippen MR) is 108 cm³/mol. The average molecular weight is 411 g/mol. The van der Waals surface area contributed by atoms with Crippen LogP contribution in [0.2, 0.25) is 0 Å². The maximum absolute atomic E-state index is 12.7. The van der Waals surface area contributed by atoms with Crippen LogP contribution in [0.5, 0.6) is 17.2 Å². The highest BCUT2D eigenvalue weighted by molar-refractivity contribution is 6.03. The molecule has 0 bridgehead atoms. The number of methoxy groups -OCH3 is 3. The fourth-order valence-corrected chi connectivity index (χ4v) is 3.34. The van der Waals surface area contributed by atoms with E-state index in [9.17, 15) is 14.7 Å². The monoisotopic (exact) mass is 411 g/mol. The van der Waals surface area contributed by atoms with E-state index >= 15 is 0 Å². The summed E-state index contributed by atoms with van der Waals surface area (Å²) in [6.45, 7) is 0. The summed E-state index contributed by atoms with van der Waals surface area (Å²) >= 11 is 0. The minimum atomic E-state index is -1.27. The van der Waals surface area contributed by atoms with Gasteiger partial charge in [-0.05, 0) is 53.9 Å². The highest BCUT2D eigenvalue weighted by Gasteiger charge is 2.33. The van der Waals surface area contributed by atoms with Crippen LogP contribution in [0.25, 0.3) is 0 Å². The SMILES string of the molecule is COc1ccc(C2=NN(C(=O)CCC(=O)[O-])[C@@H](c3ccc(OC)c(OC)c3)C2)cc1. The van der Waals surface area contributed by atoms with Crippen molar-refractivity contribution in [2.24, 2.45) is 5.10 Å². The van der Waals surface area contributed by atoms with Crippen molar-refractivity contribution in [3.8, 4) is 17.2 Å². The van der Waals surface area contributed by atoms with Gasteiger partial charge < -0.3 is 24.1 Å². The summed E-state index contributed by atoms with van der Waals surface area (Å²) in [7, 11) is 4.68. The van der Waals surface area contributed by atoms with Crippen molar-refractivity contribution in [1.29, 1.82) is 0 Å². The molecule has 158 valence electrons. The van der Waals surface area contributed by atoms with E-state index in [-0.39, 0.29) is 18.7 Å². The van der Waals surface area contributed by atoms with E-state index < -0.39 is 12.0 Å². The summed E-state index contributed by atoms with van der Waals surface area (Å²) in [5.74, 6) is 0.170. The summed E-state index contributed by atoms with van der Waals surface area (Å²) in [5.41, 5.74) is 2.39. The van der Waals surface area contributed by atoms with Crippen molar-refractivity contribution >= 4 is 17.6 Å². The van der Waals surface area contributed by atoms with Crippen molar-refractivity contribution in [1.82, 2.24) is 5.01 Å². The second-order valence-corrected chi connectivity index (χ2v) is 6.72. The lowest BCUT2D eigenvalue weighted by atomic mass is 9.97. The first kappa shape index (κ1) is 21.2. The molecule has 0 saturated carbocycles. The number of hydrazone groups is 1. The third-order valence-corrected chi connectivity index (χ3v) is 4.92. The summed E-state index contributed by atoms with van der Waals surface area (Å²) in [6.07, 6.45) is -0.0776. The fourth-order valence-electron chi connectivity index (χ4n) is 3.34. The fraction of sp³-hybridized carbons (Fsp3) is 0.318. The van der Waals surface area contributed by atoms with Crippen LogP contribution in [-0.2, 0) is 9.59 Å². The van der Waals surface area contributed by atoms with Gasteiger partial charge in [0.25, 0.3) is 0 Å². The largest absolute Gasteiger partial charge is 0.550 e. The van der Waals surface area contributed by atoms with E-state index in [0.717, 1.165) is 22.6 Å². The Hall–Kier alpha value is -3.55. The van der Waals surface area contributed by atoms with E-state index in [1.165, 1.54) is 5.01 Å². The van der Waals surface area contributed by atoms with Crippen LogP contribution >= 0.6 is 0 Å². The van der Waals surface area contributed by atoms with Crippen LogP contribution in [0.15, 0.2) is 47.6 Å². The number of nitrogens with zero attached hydrogens (tertiary/aromatic N) is 2. The molecular formula is C22H23N2O6-. The number of carbonyl (C=O) groups excluding carboxylic acids is 2. The summed E-state index contributed by atoms with van der Waals surface area (Å²) in [5, 5.41) is 16.7. The molecule has 1 heterocycles. The van der Waals surface area contributed by atoms with Crippen LogP contribution in [0.3, 0.4) is 0 Å². The number of carbonyl (C=O) groups is 2. The molecule has 2 aromatic rings. The molecule has 0 spiro atoms. The maximum Gasteiger partial charge on any atom is 0.243 e. The Kier molecular flexibility index (Phi) is 6.56. The van der Waals surface area contributed by atoms with Gasteiger partial charge in [-0.15, -0.1) is 0 Å². The molecular weight excluding hydrogens is 388 g/mol. The Bertz CT molecular complexity index is 955. The number of ether oxygens (including phenoxy) is 3. The lowest BCUT2D eigenvalue weighted by Gasteiger charge is -2.23. The molecule has 0 aliphatic carbocycles. The average Bonchev–Trinajstić information content (AvgIpc) is 3.22. The number of hydrogen-bond donors (Lipinski definition) is 0. The van der Waals surface area contributed by atoms with Gasteiger partial charge in [-0.1, -0.05) is 6.07 Å². The quantitative estimate of drug-likeness (QED) is 0.658. The van der Waals surface area contributed by atoms with Crippen LogP contribution in [0.4, 0.5) is 0 Å². The molecule has 1 aliphatic heterocycles. The normalized spacial score (nSPS) is 15.5. The molecule has 30 heavy (non-hydrogen) atoms. The molecule has 2 aromatic carbocycles. The first-order valence-corrected chi connectivity index (χ1v) is 9.42. The highest BCUT2D eigenvalue weighted by atomic mass is 16.5. The summed E-state index contributed by atoms with van der Waals surface area (Å²) in [6, 6.07) is 12.4. The standard InChI is InChI=1S/C22H24N2O6/c1-28-16-7-4-14(5-8-16)17-13-18(24(23-17)21(25)10-11-22(26)27)15-6-9-19(29-2)20(12-15)30-3/h4-9,12,18H,10-11,13H2,1-3H3,(H,26,27)/p-1/t18-/m1/s1. The predicted octanol–water partition coefficient (Wildman–Crippen LogP) is 1.92. The number of carboxylic acid groups (broad SMARTS) is 1. The van der Waals surface area contributed by atoms with Crippen LogP contribution in [-0.4, -0.2) is 43.9 Å². The Balaban J connectivity index is 1.94. The lowest BCUT2D eigenvalue weighted by molar-refractivity contribution is -0.305. The van der Waals surface area contributed by atoms with Crippen molar-refractivity contribution in [2.75, 3.05) is 21.3 Å². The second kappa shape index (κ2) is 9.30. The molecule has 8 heteroatoms. The van der Waals surface area contributed by atoms with Gasteiger partial charge in [-0.2, -0.15) is 5.10 Å². The minimum Gasteiger partial charge on any atom is -0.550 e. The van der Waals surface area contributed by atoms with Crippen LogP contribution in [0.1, 0.15) is 36.4 Å². The van der Waals surface area contributed by atoms with Gasteiger partial charge in [-0.3, -0.25) is 4.79 Å². The molecule has 0 unspecified atom stereocenters. The Morgan fingerprint density at radius 3 is 2.30 bits per heavy atom. The Labute approximate surface area is 174 Å². The lowest BCUT2D eigenvalue weighted by Crippen LogP contribution is -2.29. The number of hydrogen-bond acceptors (Lipinski definition) is 7. The second-order valence-electron chi connectivity index (χ2n) is 6.72. The third-order valence-electron chi connectivity index (χ3n) is 4.92. The summed E-state index contributed by atoms with van der Waals surface area (Å²) < 4.78 is 15.9. The third kappa shape index (κ3) is 4.53. The molecule has 0 radical (unpaired) electrons. The number of amides is 1. The van der Waals surface area contributed by atoms with E-state index in [0.29, 0.717) is 17.9 Å². The molecule has 1 aliphatic rings. The molecule has 0 fully saturated rings. The van der Waals surface area contributed by atoms with Gasteiger partial charge in [0.1, 0.15) is 5.75 Å². The number of benzene rings is 2. The zero-order valence-corrected chi connectivity index (χ0v) is 17.1. The van der Waals surface area contributed by atoms with Gasteiger partial charge >= 0.3 is 0 Å². The molecule has 0 aromatic heterocycles.